The highest BCUT2D eigenvalue weighted by Gasteiger charge is 2.16. The van der Waals surface area contributed by atoms with Gasteiger partial charge in [-0.15, -0.1) is 11.8 Å². The van der Waals surface area contributed by atoms with Crippen LogP contribution in [0.3, 0.4) is 0 Å². The number of methoxy groups -OCH3 is 1. The van der Waals surface area contributed by atoms with E-state index in [1.807, 2.05) is 24.3 Å². The highest BCUT2D eigenvalue weighted by molar-refractivity contribution is 9.11. The van der Waals surface area contributed by atoms with Gasteiger partial charge >= 0.3 is 0 Å². The Morgan fingerprint density at radius 3 is 2.33 bits per heavy atom. The number of amides is 1. The summed E-state index contributed by atoms with van der Waals surface area (Å²) in [5.41, 5.74) is 0.389. The molecule has 0 unspecified atom stereocenters. The Morgan fingerprint density at radius 2 is 1.83 bits per heavy atom. The van der Waals surface area contributed by atoms with Crippen molar-refractivity contribution in [3.8, 4) is 5.75 Å². The van der Waals surface area contributed by atoms with Crippen LogP contribution < -0.4 is 10.1 Å². The summed E-state index contributed by atoms with van der Waals surface area (Å²) in [6.45, 7) is 0. The van der Waals surface area contributed by atoms with Crippen molar-refractivity contribution in [2.24, 2.45) is 0 Å². The minimum Gasteiger partial charge on any atom is -0.497 e. The Labute approximate surface area is 159 Å². The molecule has 0 atom stereocenters. The summed E-state index contributed by atoms with van der Waals surface area (Å²) in [6.07, 6.45) is 0. The third kappa shape index (κ3) is 4.96. The number of carbonyl (C=O) groups is 1. The van der Waals surface area contributed by atoms with Crippen molar-refractivity contribution < 1.29 is 14.5 Å². The van der Waals surface area contributed by atoms with E-state index < -0.39 is 4.92 Å². The smallest absolute Gasteiger partial charge is 0.271 e. The first kappa shape index (κ1) is 18.8. The first-order valence-corrected chi connectivity index (χ1v) is 9.18. The fraction of sp³-hybridized carbons (Fsp3) is 0.133. The van der Waals surface area contributed by atoms with Gasteiger partial charge in [-0.1, -0.05) is 0 Å². The van der Waals surface area contributed by atoms with E-state index in [-0.39, 0.29) is 17.3 Å². The second-order valence-electron chi connectivity index (χ2n) is 4.55. The molecule has 1 amide bonds. The average Bonchev–Trinajstić information content (AvgIpc) is 2.56. The molecule has 0 heterocycles. The molecule has 6 nitrogen and oxygen atoms in total. The molecule has 0 saturated carbocycles. The van der Waals surface area contributed by atoms with Gasteiger partial charge in [0.05, 0.1) is 23.5 Å². The summed E-state index contributed by atoms with van der Waals surface area (Å²) < 4.78 is 5.95. The Balaban J connectivity index is 2.00. The molecular formula is C15H12Br2N2O4S. The summed E-state index contributed by atoms with van der Waals surface area (Å²) in [7, 11) is 1.59. The predicted octanol–water partition coefficient (Wildman–Crippen LogP) is 4.86. The number of non-ortho nitro benzene ring substituents is 1. The molecule has 0 spiro atoms. The predicted molar refractivity (Wildman–Crippen MR) is 101 cm³/mol. The molecule has 0 saturated heterocycles. The number of rotatable bonds is 6. The van der Waals surface area contributed by atoms with Crippen molar-refractivity contribution in [3.05, 3.63) is 55.5 Å². The van der Waals surface area contributed by atoms with Gasteiger partial charge in [0, 0.05) is 26.0 Å². The molecule has 0 aliphatic heterocycles. The van der Waals surface area contributed by atoms with Crippen LogP contribution in [0.1, 0.15) is 0 Å². The molecule has 0 aliphatic carbocycles. The number of carbonyl (C=O) groups excluding carboxylic acids is 1. The molecule has 2 aromatic rings. The van der Waals surface area contributed by atoms with Crippen LogP contribution in [-0.2, 0) is 4.79 Å². The average molecular weight is 476 g/mol. The van der Waals surface area contributed by atoms with Crippen LogP contribution in [0.15, 0.2) is 50.2 Å². The lowest BCUT2D eigenvalue weighted by Gasteiger charge is -2.10. The number of nitrogens with one attached hydrogen (secondary N) is 1. The van der Waals surface area contributed by atoms with Crippen molar-refractivity contribution in [1.82, 2.24) is 0 Å². The summed E-state index contributed by atoms with van der Waals surface area (Å²) >= 11 is 7.85. The van der Waals surface area contributed by atoms with Gasteiger partial charge in [0.15, 0.2) is 0 Å². The van der Waals surface area contributed by atoms with Crippen LogP contribution in [0.5, 0.6) is 5.75 Å². The maximum atomic E-state index is 12.1. The van der Waals surface area contributed by atoms with Gasteiger partial charge in [0.1, 0.15) is 5.75 Å². The molecule has 0 radical (unpaired) electrons. The van der Waals surface area contributed by atoms with E-state index in [4.69, 9.17) is 4.74 Å². The summed E-state index contributed by atoms with van der Waals surface area (Å²) in [5.74, 6) is 0.746. The molecule has 0 bridgehead atoms. The molecule has 1 N–H and O–H groups in total. The van der Waals surface area contributed by atoms with Crippen LogP contribution in [0, 0.1) is 10.1 Å². The lowest BCUT2D eigenvalue weighted by molar-refractivity contribution is -0.385. The van der Waals surface area contributed by atoms with E-state index in [1.165, 1.54) is 23.9 Å². The maximum absolute atomic E-state index is 12.1. The van der Waals surface area contributed by atoms with E-state index in [9.17, 15) is 14.9 Å². The zero-order chi connectivity index (χ0) is 17.7. The van der Waals surface area contributed by atoms with Crippen LogP contribution in [0.25, 0.3) is 0 Å². The molecular weight excluding hydrogens is 464 g/mol. The number of benzene rings is 2. The second kappa shape index (κ2) is 8.50. The van der Waals surface area contributed by atoms with Crippen LogP contribution in [-0.4, -0.2) is 23.7 Å². The normalized spacial score (nSPS) is 10.3. The summed E-state index contributed by atoms with van der Waals surface area (Å²) in [5, 5.41) is 13.5. The largest absolute Gasteiger partial charge is 0.497 e. The quantitative estimate of drug-likeness (QED) is 0.366. The van der Waals surface area contributed by atoms with Crippen LogP contribution in [0.4, 0.5) is 11.4 Å². The number of halogens is 2. The fourth-order valence-electron chi connectivity index (χ4n) is 1.78. The summed E-state index contributed by atoms with van der Waals surface area (Å²) in [4.78, 5) is 23.3. The molecule has 24 heavy (non-hydrogen) atoms. The SMILES string of the molecule is COc1ccc(SCC(=O)Nc2c(Br)cc([N+](=O)[O-])cc2Br)cc1. The van der Waals surface area contributed by atoms with Crippen molar-refractivity contribution >= 4 is 60.9 Å². The highest BCUT2D eigenvalue weighted by atomic mass is 79.9. The number of nitro groups is 1. The van der Waals surface area contributed by atoms with Gasteiger partial charge in [0.2, 0.25) is 5.91 Å². The van der Waals surface area contributed by atoms with Crippen molar-refractivity contribution in [1.29, 1.82) is 0 Å². The van der Waals surface area contributed by atoms with Crippen LogP contribution in [0.2, 0.25) is 0 Å². The second-order valence-corrected chi connectivity index (χ2v) is 7.31. The van der Waals surface area contributed by atoms with E-state index in [2.05, 4.69) is 37.2 Å². The third-order valence-electron chi connectivity index (χ3n) is 2.93. The van der Waals surface area contributed by atoms with Gasteiger partial charge in [-0.3, -0.25) is 14.9 Å². The lowest BCUT2D eigenvalue weighted by Crippen LogP contribution is -2.15. The number of hydrogen-bond donors (Lipinski definition) is 1. The number of hydrogen-bond acceptors (Lipinski definition) is 5. The van der Waals surface area contributed by atoms with Gasteiger partial charge < -0.3 is 10.1 Å². The van der Waals surface area contributed by atoms with E-state index in [1.54, 1.807) is 7.11 Å². The molecule has 0 aromatic heterocycles. The topological polar surface area (TPSA) is 81.5 Å². The zero-order valence-corrected chi connectivity index (χ0v) is 16.4. The number of nitro benzene ring substituents is 1. The molecule has 0 aliphatic rings. The minimum absolute atomic E-state index is 0.0700. The van der Waals surface area contributed by atoms with Crippen molar-refractivity contribution in [2.75, 3.05) is 18.2 Å². The minimum atomic E-state index is -0.499. The Kier molecular flexibility index (Phi) is 6.64. The fourth-order valence-corrected chi connectivity index (χ4v) is 3.84. The zero-order valence-electron chi connectivity index (χ0n) is 12.4. The Bertz CT molecular complexity index is 746. The van der Waals surface area contributed by atoms with Gasteiger partial charge in [0.25, 0.3) is 5.69 Å². The Morgan fingerprint density at radius 1 is 1.25 bits per heavy atom. The molecule has 2 rings (SSSR count). The van der Waals surface area contributed by atoms with E-state index in [0.29, 0.717) is 14.6 Å². The first-order valence-electron chi connectivity index (χ1n) is 6.61. The number of nitrogens with zero attached hydrogens (tertiary/aromatic N) is 1. The lowest BCUT2D eigenvalue weighted by atomic mass is 10.3. The van der Waals surface area contributed by atoms with Crippen molar-refractivity contribution in [3.63, 3.8) is 0 Å². The number of thioether (sulfide) groups is 1. The van der Waals surface area contributed by atoms with Gasteiger partial charge in [-0.2, -0.15) is 0 Å². The van der Waals surface area contributed by atoms with Crippen molar-refractivity contribution in [2.45, 2.75) is 4.90 Å². The van der Waals surface area contributed by atoms with Crippen LogP contribution >= 0.6 is 43.6 Å². The maximum Gasteiger partial charge on any atom is 0.271 e. The standard InChI is InChI=1S/C15H12Br2N2O4S/c1-23-10-2-4-11(5-3-10)24-8-14(20)18-15-12(16)6-9(19(21)22)7-13(15)17/h2-7H,8H2,1H3,(H,18,20). The number of anilines is 1. The molecule has 126 valence electrons. The van der Waals surface area contributed by atoms with Gasteiger partial charge in [-0.05, 0) is 56.1 Å². The first-order chi connectivity index (χ1) is 11.4. The molecule has 9 heteroatoms. The third-order valence-corrected chi connectivity index (χ3v) is 5.19. The highest BCUT2D eigenvalue weighted by Crippen LogP contribution is 2.35. The molecule has 0 fully saturated rings. The van der Waals surface area contributed by atoms with E-state index >= 15 is 0 Å². The Hall–Kier alpha value is -1.58. The number of ether oxygens (including phenoxy) is 1. The monoisotopic (exact) mass is 474 g/mol. The molecule has 2 aromatic carbocycles. The van der Waals surface area contributed by atoms with E-state index in [0.717, 1.165) is 10.6 Å². The van der Waals surface area contributed by atoms with Gasteiger partial charge in [-0.25, -0.2) is 0 Å². The summed E-state index contributed by atoms with van der Waals surface area (Å²) in [6, 6.07) is 10.1.